The summed E-state index contributed by atoms with van der Waals surface area (Å²) < 4.78 is 12.2. The van der Waals surface area contributed by atoms with E-state index in [0.29, 0.717) is 5.56 Å². The molecule has 1 aliphatic rings. The number of hydrogen-bond donors (Lipinski definition) is 2. The van der Waals surface area contributed by atoms with E-state index >= 15 is 0 Å². The first-order valence-electron chi connectivity index (χ1n) is 9.32. The molecule has 0 bridgehead atoms. The number of H-pyrrole nitrogens is 1. The Kier molecular flexibility index (Phi) is 5.27. The third-order valence-corrected chi connectivity index (χ3v) is 4.93. The van der Waals surface area contributed by atoms with Gasteiger partial charge < -0.3 is 19.8 Å². The zero-order chi connectivity index (χ0) is 19.5. The maximum Gasteiger partial charge on any atom is 0.339 e. The van der Waals surface area contributed by atoms with Crippen LogP contribution >= 0.6 is 0 Å². The van der Waals surface area contributed by atoms with Gasteiger partial charge in [-0.2, -0.15) is 0 Å². The Balaban J connectivity index is 1.67. The molecule has 1 aliphatic heterocycles. The highest BCUT2D eigenvalue weighted by Crippen LogP contribution is 2.29. The van der Waals surface area contributed by atoms with E-state index in [0.717, 1.165) is 67.9 Å². The Labute approximate surface area is 162 Å². The molecule has 3 aromatic rings. The fourth-order valence-electron chi connectivity index (χ4n) is 3.39. The van der Waals surface area contributed by atoms with E-state index in [1.807, 2.05) is 17.4 Å². The van der Waals surface area contributed by atoms with Crippen molar-refractivity contribution in [2.75, 3.05) is 51.8 Å². The molecule has 0 radical (unpaired) electrons. The number of nitrogens with zero attached hydrogens (tertiary/aromatic N) is 4. The molecule has 0 saturated carbocycles. The van der Waals surface area contributed by atoms with E-state index in [-0.39, 0.29) is 5.97 Å². The quantitative estimate of drug-likeness (QED) is 0.623. The average molecular weight is 384 g/mol. The van der Waals surface area contributed by atoms with Crippen molar-refractivity contribution in [2.24, 2.45) is 0 Å². The fourth-order valence-corrected chi connectivity index (χ4v) is 3.39. The van der Waals surface area contributed by atoms with Crippen LogP contribution in [0.1, 0.15) is 16.1 Å². The first-order valence-corrected chi connectivity index (χ1v) is 9.32. The molecule has 0 unspecified atom stereocenters. The van der Waals surface area contributed by atoms with E-state index in [4.69, 9.17) is 14.5 Å². The van der Waals surface area contributed by atoms with Crippen molar-refractivity contribution in [1.29, 1.82) is 0 Å². The van der Waals surface area contributed by atoms with E-state index in [1.165, 1.54) is 7.11 Å². The largest absolute Gasteiger partial charge is 0.465 e. The van der Waals surface area contributed by atoms with Crippen LogP contribution in [0, 0.1) is 6.92 Å². The van der Waals surface area contributed by atoms with Gasteiger partial charge in [0.1, 0.15) is 17.2 Å². The van der Waals surface area contributed by atoms with Gasteiger partial charge in [0, 0.05) is 32.4 Å². The number of carbonyl (C=O) groups excluding carboxylic acids is 1. The third-order valence-electron chi connectivity index (χ3n) is 4.93. The van der Waals surface area contributed by atoms with Crippen molar-refractivity contribution in [3.05, 3.63) is 35.9 Å². The number of imidazole rings is 2. The van der Waals surface area contributed by atoms with E-state index in [2.05, 4.69) is 20.2 Å². The van der Waals surface area contributed by atoms with Gasteiger partial charge in [0.2, 0.25) is 0 Å². The molecule has 1 saturated heterocycles. The first-order chi connectivity index (χ1) is 13.7. The molecule has 28 heavy (non-hydrogen) atoms. The number of anilines is 1. The van der Waals surface area contributed by atoms with Gasteiger partial charge in [-0.3, -0.25) is 9.30 Å². The Bertz CT molecular complexity index is 973. The van der Waals surface area contributed by atoms with Crippen LogP contribution in [0.15, 0.2) is 24.7 Å². The Morgan fingerprint density at radius 3 is 2.89 bits per heavy atom. The number of carbonyl (C=O) groups is 1. The van der Waals surface area contributed by atoms with Crippen LogP contribution in [0.25, 0.3) is 17.0 Å². The normalized spacial score (nSPS) is 15.1. The molecule has 0 spiro atoms. The average Bonchev–Trinajstić information content (AvgIpc) is 3.31. The number of fused-ring (bicyclic) bond motifs is 1. The highest BCUT2D eigenvalue weighted by atomic mass is 16.5. The zero-order valence-corrected chi connectivity index (χ0v) is 16.1. The second kappa shape index (κ2) is 7.99. The minimum atomic E-state index is -0.380. The van der Waals surface area contributed by atoms with Crippen LogP contribution in [-0.4, -0.2) is 76.7 Å². The SMILES string of the molecule is COC(=O)c1ccc2nc(-c3[nH]cnc3C)c(NCCN3CCOCC3)n2c1. The summed E-state index contributed by atoms with van der Waals surface area (Å²) in [7, 11) is 1.38. The third kappa shape index (κ3) is 3.58. The van der Waals surface area contributed by atoms with Crippen molar-refractivity contribution >= 4 is 17.4 Å². The number of rotatable bonds is 6. The molecule has 2 N–H and O–H groups in total. The molecule has 9 nitrogen and oxygen atoms in total. The molecule has 4 heterocycles. The minimum absolute atomic E-state index is 0.380. The molecule has 9 heteroatoms. The topological polar surface area (TPSA) is 96.8 Å². The lowest BCUT2D eigenvalue weighted by atomic mass is 10.2. The molecule has 0 atom stereocenters. The highest BCUT2D eigenvalue weighted by molar-refractivity contribution is 5.90. The summed E-state index contributed by atoms with van der Waals surface area (Å²) in [4.78, 5) is 26.5. The molecule has 0 aromatic carbocycles. The van der Waals surface area contributed by atoms with Crippen LogP contribution in [0.2, 0.25) is 0 Å². The summed E-state index contributed by atoms with van der Waals surface area (Å²) in [6.45, 7) is 7.01. The fraction of sp³-hybridized carbons (Fsp3) is 0.421. The second-order valence-corrected chi connectivity index (χ2v) is 6.69. The van der Waals surface area contributed by atoms with Gasteiger partial charge in [0.05, 0.1) is 43.6 Å². The Morgan fingerprint density at radius 2 is 2.18 bits per heavy atom. The van der Waals surface area contributed by atoms with Crippen LogP contribution in [-0.2, 0) is 9.47 Å². The van der Waals surface area contributed by atoms with Crippen molar-refractivity contribution in [2.45, 2.75) is 6.92 Å². The zero-order valence-electron chi connectivity index (χ0n) is 16.1. The molecule has 4 rings (SSSR count). The maximum absolute atomic E-state index is 12.0. The predicted octanol–water partition coefficient (Wildman–Crippen LogP) is 1.56. The van der Waals surface area contributed by atoms with Gasteiger partial charge in [-0.15, -0.1) is 0 Å². The summed E-state index contributed by atoms with van der Waals surface area (Å²) in [6.07, 6.45) is 3.41. The van der Waals surface area contributed by atoms with Gasteiger partial charge in [-0.05, 0) is 19.1 Å². The number of aromatic amines is 1. The van der Waals surface area contributed by atoms with Gasteiger partial charge in [0.15, 0.2) is 0 Å². The second-order valence-electron chi connectivity index (χ2n) is 6.69. The number of aromatic nitrogens is 4. The number of nitrogens with one attached hydrogen (secondary N) is 2. The first kappa shape index (κ1) is 18.5. The summed E-state index contributed by atoms with van der Waals surface area (Å²) in [5.74, 6) is 0.440. The van der Waals surface area contributed by atoms with E-state index < -0.39 is 0 Å². The van der Waals surface area contributed by atoms with E-state index in [1.54, 1.807) is 18.6 Å². The molecular weight excluding hydrogens is 360 g/mol. The predicted molar refractivity (Wildman–Crippen MR) is 105 cm³/mol. The van der Waals surface area contributed by atoms with Gasteiger partial charge in [0.25, 0.3) is 0 Å². The van der Waals surface area contributed by atoms with Gasteiger partial charge in [-0.1, -0.05) is 0 Å². The molecular formula is C19H24N6O3. The molecule has 148 valence electrons. The van der Waals surface area contributed by atoms with Gasteiger partial charge >= 0.3 is 5.97 Å². The Hall–Kier alpha value is -2.91. The number of pyridine rings is 1. The van der Waals surface area contributed by atoms with Crippen molar-refractivity contribution < 1.29 is 14.3 Å². The number of ether oxygens (including phenoxy) is 2. The lowest BCUT2D eigenvalue weighted by molar-refractivity contribution is 0.0398. The number of aryl methyl sites for hydroxylation is 1. The molecule has 0 amide bonds. The Morgan fingerprint density at radius 1 is 1.36 bits per heavy atom. The minimum Gasteiger partial charge on any atom is -0.465 e. The van der Waals surface area contributed by atoms with Crippen LogP contribution in [0.3, 0.4) is 0 Å². The molecule has 0 aliphatic carbocycles. The smallest absolute Gasteiger partial charge is 0.339 e. The highest BCUT2D eigenvalue weighted by Gasteiger charge is 2.19. The summed E-state index contributed by atoms with van der Waals surface area (Å²) in [5.41, 5.74) is 3.71. The van der Waals surface area contributed by atoms with Crippen molar-refractivity contribution in [3.8, 4) is 11.4 Å². The summed E-state index contributed by atoms with van der Waals surface area (Å²) >= 11 is 0. The monoisotopic (exact) mass is 384 g/mol. The van der Waals surface area contributed by atoms with Crippen LogP contribution < -0.4 is 5.32 Å². The van der Waals surface area contributed by atoms with Crippen molar-refractivity contribution in [1.82, 2.24) is 24.3 Å². The van der Waals surface area contributed by atoms with Gasteiger partial charge in [-0.25, -0.2) is 14.8 Å². The molecule has 3 aromatic heterocycles. The number of morpholine rings is 1. The maximum atomic E-state index is 12.0. The molecule has 1 fully saturated rings. The standard InChI is InChI=1S/C19H24N6O3/c1-13-16(22-12-21-13)17-18(20-5-6-24-7-9-28-10-8-24)25-11-14(19(26)27-2)3-4-15(25)23-17/h3-4,11-12,20H,5-10H2,1-2H3,(H,21,22). The van der Waals surface area contributed by atoms with Crippen LogP contribution in [0.4, 0.5) is 5.82 Å². The lowest BCUT2D eigenvalue weighted by Crippen LogP contribution is -2.39. The number of methoxy groups -OCH3 is 1. The van der Waals surface area contributed by atoms with Crippen LogP contribution in [0.5, 0.6) is 0 Å². The van der Waals surface area contributed by atoms with E-state index in [9.17, 15) is 4.79 Å². The number of esters is 1. The summed E-state index contributed by atoms with van der Waals surface area (Å²) in [5, 5.41) is 3.50. The summed E-state index contributed by atoms with van der Waals surface area (Å²) in [6, 6.07) is 3.53. The number of hydrogen-bond acceptors (Lipinski definition) is 7. The van der Waals surface area contributed by atoms with Crippen molar-refractivity contribution in [3.63, 3.8) is 0 Å². The lowest BCUT2D eigenvalue weighted by Gasteiger charge is -2.26.